The summed E-state index contributed by atoms with van der Waals surface area (Å²) in [4.78, 5) is 35.1. The number of ether oxygens (including phenoxy) is 2. The Bertz CT molecular complexity index is 515. The zero-order valence-electron chi connectivity index (χ0n) is 13.0. The molecule has 1 aromatic carbocycles. The molecule has 0 fully saturated rings. The molecule has 0 spiro atoms. The molecule has 0 radical (unpaired) electrons. The van der Waals surface area contributed by atoms with Crippen molar-refractivity contribution in [3.8, 4) is 0 Å². The van der Waals surface area contributed by atoms with Crippen LogP contribution in [-0.4, -0.2) is 38.1 Å². The van der Waals surface area contributed by atoms with Gasteiger partial charge in [-0.1, -0.05) is 30.3 Å². The van der Waals surface area contributed by atoms with Crippen LogP contribution in [0.4, 0.5) is 4.79 Å². The fraction of sp³-hybridized carbons (Fsp3) is 0.438. The first-order valence-corrected chi connectivity index (χ1v) is 6.96. The van der Waals surface area contributed by atoms with Crippen molar-refractivity contribution < 1.29 is 23.9 Å². The first-order valence-electron chi connectivity index (χ1n) is 6.96. The number of esters is 1. The van der Waals surface area contributed by atoms with Gasteiger partial charge in [-0.25, -0.2) is 4.79 Å². The number of amides is 1. The standard InChI is InChI=1S/C16H21NO5/c1-11(18)14(15(19)21-2)13(17-16(20)22-3)10-9-12-7-5-4-6-8-12/h4-8,13-14H,9-10H2,1-3H3,(H,17,20)/t13-,14?/m0/s1. The largest absolute Gasteiger partial charge is 0.468 e. The number of nitrogens with one attached hydrogen (secondary N) is 1. The van der Waals surface area contributed by atoms with E-state index in [4.69, 9.17) is 0 Å². The van der Waals surface area contributed by atoms with E-state index in [2.05, 4.69) is 14.8 Å². The molecule has 0 saturated carbocycles. The predicted molar refractivity (Wildman–Crippen MR) is 80.3 cm³/mol. The summed E-state index contributed by atoms with van der Waals surface area (Å²) in [6, 6.07) is 8.91. The molecule has 22 heavy (non-hydrogen) atoms. The van der Waals surface area contributed by atoms with Crippen LogP contribution in [0.3, 0.4) is 0 Å². The maximum Gasteiger partial charge on any atom is 0.407 e. The Labute approximate surface area is 129 Å². The van der Waals surface area contributed by atoms with Gasteiger partial charge in [-0.3, -0.25) is 9.59 Å². The van der Waals surface area contributed by atoms with Crippen LogP contribution in [0.25, 0.3) is 0 Å². The number of methoxy groups -OCH3 is 2. The number of aryl methyl sites for hydroxylation is 1. The molecule has 0 aromatic heterocycles. The van der Waals surface area contributed by atoms with Crippen molar-refractivity contribution in [2.45, 2.75) is 25.8 Å². The van der Waals surface area contributed by atoms with Gasteiger partial charge in [0, 0.05) is 0 Å². The van der Waals surface area contributed by atoms with Gasteiger partial charge < -0.3 is 14.8 Å². The summed E-state index contributed by atoms with van der Waals surface area (Å²) in [5.74, 6) is -2.07. The third-order valence-corrected chi connectivity index (χ3v) is 3.37. The van der Waals surface area contributed by atoms with Crippen LogP contribution >= 0.6 is 0 Å². The second-order valence-electron chi connectivity index (χ2n) is 4.88. The Morgan fingerprint density at radius 1 is 1.09 bits per heavy atom. The molecule has 1 amide bonds. The summed E-state index contributed by atoms with van der Waals surface area (Å²) in [6.45, 7) is 1.30. The summed E-state index contributed by atoms with van der Waals surface area (Å²) in [6.07, 6.45) is 0.336. The minimum atomic E-state index is -1.05. The second kappa shape index (κ2) is 8.81. The molecule has 120 valence electrons. The van der Waals surface area contributed by atoms with E-state index in [1.807, 2.05) is 30.3 Å². The quantitative estimate of drug-likeness (QED) is 0.613. The minimum Gasteiger partial charge on any atom is -0.468 e. The number of hydrogen-bond donors (Lipinski definition) is 1. The fourth-order valence-electron chi connectivity index (χ4n) is 2.24. The van der Waals surface area contributed by atoms with E-state index in [0.717, 1.165) is 5.56 Å². The van der Waals surface area contributed by atoms with Crippen LogP contribution in [0.5, 0.6) is 0 Å². The van der Waals surface area contributed by atoms with Gasteiger partial charge in [0.25, 0.3) is 0 Å². The Kier molecular flexibility index (Phi) is 7.08. The average Bonchev–Trinajstić information content (AvgIpc) is 2.52. The molecule has 1 rings (SSSR count). The van der Waals surface area contributed by atoms with E-state index in [-0.39, 0.29) is 5.78 Å². The number of benzene rings is 1. The number of hydrogen-bond acceptors (Lipinski definition) is 5. The summed E-state index contributed by atoms with van der Waals surface area (Å²) in [5.41, 5.74) is 1.05. The lowest BCUT2D eigenvalue weighted by atomic mass is 9.91. The maximum atomic E-state index is 11.8. The van der Waals surface area contributed by atoms with E-state index >= 15 is 0 Å². The molecule has 0 saturated heterocycles. The number of rotatable bonds is 7. The van der Waals surface area contributed by atoms with Crippen molar-refractivity contribution in [1.29, 1.82) is 0 Å². The minimum absolute atomic E-state index is 0.360. The molecular formula is C16H21NO5. The molecule has 0 bridgehead atoms. The first kappa shape index (κ1) is 17.7. The van der Waals surface area contributed by atoms with Crippen LogP contribution < -0.4 is 5.32 Å². The number of Topliss-reactive ketones (excluding diaryl/α,β-unsaturated/α-hetero) is 1. The van der Waals surface area contributed by atoms with Gasteiger partial charge in [0.05, 0.1) is 20.3 Å². The highest BCUT2D eigenvalue weighted by molar-refractivity contribution is 5.98. The van der Waals surface area contributed by atoms with Gasteiger partial charge in [0.1, 0.15) is 11.7 Å². The smallest absolute Gasteiger partial charge is 0.407 e. The lowest BCUT2D eigenvalue weighted by Gasteiger charge is -2.24. The van der Waals surface area contributed by atoms with Crippen LogP contribution in [0.15, 0.2) is 30.3 Å². The van der Waals surface area contributed by atoms with Gasteiger partial charge >= 0.3 is 12.1 Å². The van der Waals surface area contributed by atoms with Gasteiger partial charge in [-0.2, -0.15) is 0 Å². The average molecular weight is 307 g/mol. The molecule has 1 unspecified atom stereocenters. The van der Waals surface area contributed by atoms with Crippen molar-refractivity contribution in [3.63, 3.8) is 0 Å². The van der Waals surface area contributed by atoms with Gasteiger partial charge in [0.15, 0.2) is 0 Å². The third-order valence-electron chi connectivity index (χ3n) is 3.37. The number of ketones is 1. The van der Waals surface area contributed by atoms with Gasteiger partial charge in [-0.15, -0.1) is 0 Å². The fourth-order valence-corrected chi connectivity index (χ4v) is 2.24. The summed E-state index contributed by atoms with van der Waals surface area (Å²) < 4.78 is 9.23. The van der Waals surface area contributed by atoms with Crippen LogP contribution in [0.2, 0.25) is 0 Å². The van der Waals surface area contributed by atoms with Crippen molar-refractivity contribution >= 4 is 17.8 Å². The molecule has 1 N–H and O–H groups in total. The van der Waals surface area contributed by atoms with Crippen LogP contribution in [0.1, 0.15) is 18.9 Å². The SMILES string of the molecule is COC(=O)N[C@@H](CCc1ccccc1)C(C(C)=O)C(=O)OC. The summed E-state index contributed by atoms with van der Waals surface area (Å²) >= 11 is 0. The van der Waals surface area contributed by atoms with E-state index < -0.39 is 24.0 Å². The van der Waals surface area contributed by atoms with Gasteiger partial charge in [0.2, 0.25) is 0 Å². The number of alkyl carbamates (subject to hydrolysis) is 1. The third kappa shape index (κ3) is 5.20. The molecule has 6 heteroatoms. The van der Waals surface area contributed by atoms with E-state index in [9.17, 15) is 14.4 Å². The van der Waals surface area contributed by atoms with Crippen molar-refractivity contribution in [3.05, 3.63) is 35.9 Å². The van der Waals surface area contributed by atoms with E-state index in [1.54, 1.807) is 0 Å². The highest BCUT2D eigenvalue weighted by atomic mass is 16.5. The van der Waals surface area contributed by atoms with Crippen LogP contribution in [-0.2, 0) is 25.5 Å². The maximum absolute atomic E-state index is 11.8. The van der Waals surface area contributed by atoms with Crippen molar-refractivity contribution in [1.82, 2.24) is 5.32 Å². The van der Waals surface area contributed by atoms with E-state index in [1.165, 1.54) is 21.1 Å². The monoisotopic (exact) mass is 307 g/mol. The zero-order chi connectivity index (χ0) is 16.5. The molecule has 0 aliphatic carbocycles. The lowest BCUT2D eigenvalue weighted by Crippen LogP contribution is -2.46. The normalized spacial score (nSPS) is 12.9. The number of carbonyl (C=O) groups excluding carboxylic acids is 3. The second-order valence-corrected chi connectivity index (χ2v) is 4.88. The molecule has 0 aliphatic heterocycles. The first-order chi connectivity index (χ1) is 10.5. The highest BCUT2D eigenvalue weighted by Crippen LogP contribution is 2.15. The molecule has 6 nitrogen and oxygen atoms in total. The molecular weight excluding hydrogens is 286 g/mol. The lowest BCUT2D eigenvalue weighted by molar-refractivity contribution is -0.150. The highest BCUT2D eigenvalue weighted by Gasteiger charge is 2.34. The Hall–Kier alpha value is -2.37. The van der Waals surface area contributed by atoms with Crippen molar-refractivity contribution in [2.24, 2.45) is 5.92 Å². The Balaban J connectivity index is 2.88. The number of carbonyl (C=O) groups is 3. The topological polar surface area (TPSA) is 81.7 Å². The molecule has 1 aromatic rings. The molecule has 2 atom stereocenters. The molecule has 0 heterocycles. The Morgan fingerprint density at radius 2 is 1.73 bits per heavy atom. The Morgan fingerprint density at radius 3 is 2.23 bits per heavy atom. The summed E-state index contributed by atoms with van der Waals surface area (Å²) in [7, 11) is 2.44. The predicted octanol–water partition coefficient (Wildman–Crippen LogP) is 1.72. The van der Waals surface area contributed by atoms with Crippen molar-refractivity contribution in [2.75, 3.05) is 14.2 Å². The summed E-state index contributed by atoms with van der Waals surface area (Å²) in [5, 5.41) is 2.55. The van der Waals surface area contributed by atoms with E-state index in [0.29, 0.717) is 12.8 Å². The van der Waals surface area contributed by atoms with Crippen LogP contribution in [0, 0.1) is 5.92 Å². The zero-order valence-corrected chi connectivity index (χ0v) is 13.0. The molecule has 0 aliphatic rings. The van der Waals surface area contributed by atoms with Gasteiger partial charge in [-0.05, 0) is 25.3 Å².